The number of hydrogen-bond donors (Lipinski definition) is 1. The second-order valence-electron chi connectivity index (χ2n) is 3.29. The zero-order chi connectivity index (χ0) is 10.7. The van der Waals surface area contributed by atoms with Gasteiger partial charge in [-0.15, -0.1) is 0 Å². The number of phenols is 1. The number of ether oxygens (including phenoxy) is 2. The maximum Gasteiger partial charge on any atom is 0.168 e. The summed E-state index contributed by atoms with van der Waals surface area (Å²) < 4.78 is 10.8. The second-order valence-corrected chi connectivity index (χ2v) is 3.29. The molecule has 1 aromatic rings. The third-order valence-corrected chi connectivity index (χ3v) is 2.30. The summed E-state index contributed by atoms with van der Waals surface area (Å²) in [6.45, 7) is 0.995. The van der Waals surface area contributed by atoms with E-state index < -0.39 is 0 Å². The lowest BCUT2D eigenvalue weighted by atomic mass is 10.1. The normalized spacial score (nSPS) is 13.6. The second kappa shape index (κ2) is 4.21. The largest absolute Gasteiger partial charge is 0.508 e. The molecule has 0 aromatic heterocycles. The van der Waals surface area contributed by atoms with Gasteiger partial charge in [0.15, 0.2) is 11.5 Å². The Bertz CT molecular complexity index is 373. The number of aldehydes is 1. The van der Waals surface area contributed by atoms with Crippen LogP contribution in [0.2, 0.25) is 0 Å². The molecule has 2 rings (SSSR count). The van der Waals surface area contributed by atoms with Gasteiger partial charge in [0.25, 0.3) is 0 Å². The summed E-state index contributed by atoms with van der Waals surface area (Å²) in [6, 6.07) is 3.24. The van der Waals surface area contributed by atoms with Gasteiger partial charge in [-0.25, -0.2) is 0 Å². The van der Waals surface area contributed by atoms with E-state index in [4.69, 9.17) is 9.47 Å². The predicted molar refractivity (Wildman–Crippen MR) is 53.5 cm³/mol. The lowest BCUT2D eigenvalue weighted by Crippen LogP contribution is -2.16. The Hall–Kier alpha value is -1.71. The average Bonchev–Trinajstić information content (AvgIpc) is 2.28. The maximum absolute atomic E-state index is 10.3. The van der Waals surface area contributed by atoms with Crippen LogP contribution in [0.5, 0.6) is 17.2 Å². The van der Waals surface area contributed by atoms with Crippen molar-refractivity contribution >= 4 is 6.29 Å². The molecule has 1 aliphatic rings. The van der Waals surface area contributed by atoms with E-state index in [1.807, 2.05) is 0 Å². The molecule has 1 N–H and O–H groups in total. The van der Waals surface area contributed by atoms with Gasteiger partial charge < -0.3 is 19.4 Å². The molecule has 80 valence electrons. The van der Waals surface area contributed by atoms with E-state index in [-0.39, 0.29) is 5.75 Å². The van der Waals surface area contributed by atoms with E-state index in [9.17, 15) is 9.90 Å². The van der Waals surface area contributed by atoms with Gasteiger partial charge in [0.2, 0.25) is 0 Å². The van der Waals surface area contributed by atoms with Gasteiger partial charge in [0.1, 0.15) is 25.2 Å². The molecule has 15 heavy (non-hydrogen) atoms. The summed E-state index contributed by atoms with van der Waals surface area (Å²) in [7, 11) is 0. The van der Waals surface area contributed by atoms with Crippen LogP contribution in [0.3, 0.4) is 0 Å². The van der Waals surface area contributed by atoms with Crippen molar-refractivity contribution in [3.63, 3.8) is 0 Å². The van der Waals surface area contributed by atoms with Crippen LogP contribution < -0.4 is 9.47 Å². The lowest BCUT2D eigenvalue weighted by molar-refractivity contribution is -0.107. The molecule has 0 aliphatic carbocycles. The highest BCUT2D eigenvalue weighted by Gasteiger charge is 2.18. The molecule has 0 atom stereocenters. The molecule has 0 unspecified atom stereocenters. The van der Waals surface area contributed by atoms with Crippen LogP contribution in [0.4, 0.5) is 0 Å². The number of phenolic OH excluding ortho intramolecular Hbond substituents is 1. The first-order valence-electron chi connectivity index (χ1n) is 4.87. The Morgan fingerprint density at radius 3 is 2.93 bits per heavy atom. The van der Waals surface area contributed by atoms with Gasteiger partial charge in [-0.1, -0.05) is 0 Å². The minimum atomic E-state index is 0.154. The minimum absolute atomic E-state index is 0.154. The predicted octanol–water partition coefficient (Wildman–Crippen LogP) is 1.29. The summed E-state index contributed by atoms with van der Waals surface area (Å²) in [5.41, 5.74) is 0.652. The number of rotatable bonds is 3. The molecule has 1 aromatic carbocycles. The monoisotopic (exact) mass is 208 g/mol. The molecule has 0 spiro atoms. The number of aromatic hydroxyl groups is 1. The van der Waals surface area contributed by atoms with Crippen LogP contribution in [0.25, 0.3) is 0 Å². The minimum Gasteiger partial charge on any atom is -0.508 e. The Morgan fingerprint density at radius 2 is 2.13 bits per heavy atom. The molecule has 1 aliphatic heterocycles. The van der Waals surface area contributed by atoms with Gasteiger partial charge >= 0.3 is 0 Å². The molecular weight excluding hydrogens is 196 g/mol. The smallest absolute Gasteiger partial charge is 0.168 e. The first-order valence-corrected chi connectivity index (χ1v) is 4.87. The number of carbonyl (C=O) groups is 1. The van der Waals surface area contributed by atoms with Gasteiger partial charge in [0, 0.05) is 12.0 Å². The molecule has 4 nitrogen and oxygen atoms in total. The molecule has 0 radical (unpaired) electrons. The zero-order valence-electron chi connectivity index (χ0n) is 8.23. The van der Waals surface area contributed by atoms with Gasteiger partial charge in [-0.2, -0.15) is 0 Å². The van der Waals surface area contributed by atoms with E-state index in [0.717, 1.165) is 6.29 Å². The van der Waals surface area contributed by atoms with E-state index in [1.165, 1.54) is 0 Å². The van der Waals surface area contributed by atoms with Crippen molar-refractivity contribution in [2.45, 2.75) is 12.8 Å². The van der Waals surface area contributed by atoms with Crippen molar-refractivity contribution in [3.8, 4) is 17.2 Å². The first-order chi connectivity index (χ1) is 7.33. The van der Waals surface area contributed by atoms with Crippen molar-refractivity contribution < 1.29 is 19.4 Å². The fourth-order valence-corrected chi connectivity index (χ4v) is 1.61. The summed E-state index contributed by atoms with van der Waals surface area (Å²) in [6.07, 6.45) is 1.66. The number of hydrogen-bond acceptors (Lipinski definition) is 4. The molecule has 0 bridgehead atoms. The highest BCUT2D eigenvalue weighted by molar-refractivity contribution is 5.57. The standard InChI is InChI=1S/C11H12O4/c12-5-1-2-8-9(13)3-4-10-11(8)15-7-6-14-10/h3-5,13H,1-2,6-7H2. The molecule has 0 fully saturated rings. The quantitative estimate of drug-likeness (QED) is 0.760. The van der Waals surface area contributed by atoms with Crippen molar-refractivity contribution in [3.05, 3.63) is 17.7 Å². The summed E-state index contributed by atoms with van der Waals surface area (Å²) in [5.74, 6) is 1.36. The van der Waals surface area contributed by atoms with E-state index in [2.05, 4.69) is 0 Å². The van der Waals surface area contributed by atoms with Gasteiger partial charge in [0.05, 0.1) is 0 Å². The van der Waals surface area contributed by atoms with Crippen molar-refractivity contribution in [1.82, 2.24) is 0 Å². The lowest BCUT2D eigenvalue weighted by Gasteiger charge is -2.21. The third-order valence-electron chi connectivity index (χ3n) is 2.30. The van der Waals surface area contributed by atoms with Crippen LogP contribution >= 0.6 is 0 Å². The molecule has 0 saturated heterocycles. The summed E-state index contributed by atoms with van der Waals surface area (Å²) >= 11 is 0. The van der Waals surface area contributed by atoms with E-state index in [0.29, 0.717) is 43.1 Å². The van der Waals surface area contributed by atoms with Crippen LogP contribution in [0, 0.1) is 0 Å². The highest BCUT2D eigenvalue weighted by atomic mass is 16.6. The van der Waals surface area contributed by atoms with Gasteiger partial charge in [-0.05, 0) is 18.6 Å². The zero-order valence-corrected chi connectivity index (χ0v) is 8.23. The Labute approximate surface area is 87.4 Å². The third kappa shape index (κ3) is 1.88. The van der Waals surface area contributed by atoms with Gasteiger partial charge in [-0.3, -0.25) is 0 Å². The summed E-state index contributed by atoms with van der Waals surface area (Å²) in [4.78, 5) is 10.3. The fraction of sp³-hybridized carbons (Fsp3) is 0.364. The van der Waals surface area contributed by atoms with Crippen LogP contribution in [-0.2, 0) is 11.2 Å². The van der Waals surface area contributed by atoms with Crippen molar-refractivity contribution in [1.29, 1.82) is 0 Å². The molecule has 4 heteroatoms. The molecule has 0 saturated carbocycles. The molecule has 1 heterocycles. The van der Waals surface area contributed by atoms with E-state index >= 15 is 0 Å². The van der Waals surface area contributed by atoms with Crippen LogP contribution in [-0.4, -0.2) is 24.6 Å². The Kier molecular flexibility index (Phi) is 2.76. The van der Waals surface area contributed by atoms with Crippen LogP contribution in [0.15, 0.2) is 12.1 Å². The average molecular weight is 208 g/mol. The van der Waals surface area contributed by atoms with Crippen molar-refractivity contribution in [2.75, 3.05) is 13.2 Å². The fourth-order valence-electron chi connectivity index (χ4n) is 1.61. The first kappa shape index (κ1) is 9.83. The maximum atomic E-state index is 10.3. The number of fused-ring (bicyclic) bond motifs is 1. The summed E-state index contributed by atoms with van der Waals surface area (Å²) in [5, 5.41) is 9.64. The Morgan fingerprint density at radius 1 is 1.33 bits per heavy atom. The Balaban J connectivity index is 2.36. The van der Waals surface area contributed by atoms with E-state index in [1.54, 1.807) is 12.1 Å². The topological polar surface area (TPSA) is 55.8 Å². The SMILES string of the molecule is O=CCCc1c(O)ccc2c1OCCO2. The number of carbonyl (C=O) groups excluding carboxylic acids is 1. The number of benzene rings is 1. The van der Waals surface area contributed by atoms with Crippen molar-refractivity contribution in [2.24, 2.45) is 0 Å². The van der Waals surface area contributed by atoms with Crippen LogP contribution in [0.1, 0.15) is 12.0 Å². The molecule has 0 amide bonds. The highest BCUT2D eigenvalue weighted by Crippen LogP contribution is 2.39. The molecular formula is C11H12O4.